The van der Waals surface area contributed by atoms with Crippen molar-refractivity contribution in [2.45, 2.75) is 25.2 Å². The van der Waals surface area contributed by atoms with Gasteiger partial charge in [0.2, 0.25) is 0 Å². The average molecular weight is 216 g/mol. The molecule has 0 fully saturated rings. The molecule has 1 heterocycles. The Kier molecular flexibility index (Phi) is 4.92. The average Bonchev–Trinajstić information content (AvgIpc) is 2.60. The first-order valence-electron chi connectivity index (χ1n) is 4.57. The summed E-state index contributed by atoms with van der Waals surface area (Å²) in [6.45, 7) is 4.07. The summed E-state index contributed by atoms with van der Waals surface area (Å²) in [6, 6.07) is 0. The summed E-state index contributed by atoms with van der Waals surface area (Å²) in [7, 11) is 1.69. The van der Waals surface area contributed by atoms with Gasteiger partial charge in [-0.05, 0) is 6.92 Å². The molecule has 6 heteroatoms. The van der Waals surface area contributed by atoms with E-state index in [4.69, 9.17) is 10.5 Å². The van der Waals surface area contributed by atoms with Crippen molar-refractivity contribution in [2.24, 2.45) is 5.73 Å². The monoisotopic (exact) mass is 216 g/mol. The Morgan fingerprint density at radius 3 is 2.86 bits per heavy atom. The molecule has 1 aromatic rings. The maximum atomic E-state index is 5.54. The third-order valence-electron chi connectivity index (χ3n) is 1.81. The fraction of sp³-hybridized carbons (Fsp3) is 0.750. The van der Waals surface area contributed by atoms with Crippen LogP contribution in [0.15, 0.2) is 5.16 Å². The quantitative estimate of drug-likeness (QED) is 0.554. The molecule has 0 atom stereocenters. The van der Waals surface area contributed by atoms with E-state index < -0.39 is 0 Å². The molecule has 0 aliphatic carbocycles. The number of hydrogen-bond acceptors (Lipinski definition) is 5. The van der Waals surface area contributed by atoms with Crippen molar-refractivity contribution in [1.82, 2.24) is 14.8 Å². The van der Waals surface area contributed by atoms with E-state index >= 15 is 0 Å². The molecule has 0 saturated heterocycles. The number of aromatic nitrogens is 3. The Morgan fingerprint density at radius 2 is 2.29 bits per heavy atom. The molecule has 0 aliphatic rings. The molecule has 0 saturated carbocycles. The molecule has 0 spiro atoms. The lowest BCUT2D eigenvalue weighted by atomic mass is 10.6. The third-order valence-corrected chi connectivity index (χ3v) is 2.74. The highest BCUT2D eigenvalue weighted by molar-refractivity contribution is 7.99. The molecule has 1 aromatic heterocycles. The van der Waals surface area contributed by atoms with Gasteiger partial charge in [-0.25, -0.2) is 0 Å². The molecular weight excluding hydrogens is 200 g/mol. The fourth-order valence-corrected chi connectivity index (χ4v) is 2.03. The molecule has 80 valence electrons. The standard InChI is InChI=1S/C8H16N4OS/c1-3-12-7(6-9)10-11-8(12)14-5-4-13-2/h3-6,9H2,1-2H3. The van der Waals surface area contributed by atoms with Gasteiger partial charge in [0.05, 0.1) is 13.2 Å². The van der Waals surface area contributed by atoms with Crippen molar-refractivity contribution in [3.63, 3.8) is 0 Å². The first-order valence-corrected chi connectivity index (χ1v) is 5.55. The molecule has 0 aromatic carbocycles. The minimum absolute atomic E-state index is 0.436. The molecular formula is C8H16N4OS. The van der Waals surface area contributed by atoms with Crippen LogP contribution in [0.4, 0.5) is 0 Å². The Hall–Kier alpha value is -0.590. The van der Waals surface area contributed by atoms with Gasteiger partial charge in [-0.2, -0.15) is 0 Å². The Balaban J connectivity index is 2.61. The van der Waals surface area contributed by atoms with Gasteiger partial charge in [0.15, 0.2) is 5.16 Å². The molecule has 0 radical (unpaired) electrons. The van der Waals surface area contributed by atoms with Gasteiger partial charge in [0.1, 0.15) is 5.82 Å². The van der Waals surface area contributed by atoms with Gasteiger partial charge in [-0.3, -0.25) is 0 Å². The zero-order valence-electron chi connectivity index (χ0n) is 8.56. The van der Waals surface area contributed by atoms with Crippen LogP contribution in [0.2, 0.25) is 0 Å². The lowest BCUT2D eigenvalue weighted by Gasteiger charge is -2.04. The minimum Gasteiger partial charge on any atom is -0.384 e. The van der Waals surface area contributed by atoms with Crippen LogP contribution < -0.4 is 5.73 Å². The van der Waals surface area contributed by atoms with Gasteiger partial charge >= 0.3 is 0 Å². The number of nitrogens with two attached hydrogens (primary N) is 1. The number of ether oxygens (including phenoxy) is 1. The molecule has 0 aliphatic heterocycles. The largest absolute Gasteiger partial charge is 0.384 e. The first-order chi connectivity index (χ1) is 6.83. The van der Waals surface area contributed by atoms with Crippen LogP contribution in [0.1, 0.15) is 12.7 Å². The summed E-state index contributed by atoms with van der Waals surface area (Å²) in [4.78, 5) is 0. The predicted octanol–water partition coefficient (Wildman–Crippen LogP) is 0.495. The van der Waals surface area contributed by atoms with E-state index in [0.29, 0.717) is 6.54 Å². The zero-order chi connectivity index (χ0) is 10.4. The van der Waals surface area contributed by atoms with Gasteiger partial charge < -0.3 is 15.0 Å². The van der Waals surface area contributed by atoms with E-state index in [1.807, 2.05) is 4.57 Å². The van der Waals surface area contributed by atoms with Crippen LogP contribution in [0.5, 0.6) is 0 Å². The van der Waals surface area contributed by atoms with Gasteiger partial charge in [0.25, 0.3) is 0 Å². The van der Waals surface area contributed by atoms with Crippen molar-refractivity contribution >= 4 is 11.8 Å². The second-order valence-electron chi connectivity index (χ2n) is 2.69. The summed E-state index contributed by atoms with van der Waals surface area (Å²) < 4.78 is 7.00. The highest BCUT2D eigenvalue weighted by atomic mass is 32.2. The van der Waals surface area contributed by atoms with Crippen LogP contribution in [0.3, 0.4) is 0 Å². The zero-order valence-corrected chi connectivity index (χ0v) is 9.38. The summed E-state index contributed by atoms with van der Waals surface area (Å²) in [5, 5.41) is 9.00. The van der Waals surface area contributed by atoms with Crippen LogP contribution in [-0.2, 0) is 17.8 Å². The number of thioether (sulfide) groups is 1. The summed E-state index contributed by atoms with van der Waals surface area (Å²) in [6.07, 6.45) is 0. The van der Waals surface area contributed by atoms with Crippen LogP contribution in [0.25, 0.3) is 0 Å². The lowest BCUT2D eigenvalue weighted by molar-refractivity contribution is 0.218. The lowest BCUT2D eigenvalue weighted by Crippen LogP contribution is -2.08. The van der Waals surface area contributed by atoms with Crippen LogP contribution in [-0.4, -0.2) is 34.2 Å². The second-order valence-corrected chi connectivity index (χ2v) is 3.75. The Morgan fingerprint density at radius 1 is 1.50 bits per heavy atom. The molecule has 14 heavy (non-hydrogen) atoms. The van der Waals surface area contributed by atoms with Crippen molar-refractivity contribution in [3.8, 4) is 0 Å². The van der Waals surface area contributed by atoms with E-state index in [9.17, 15) is 0 Å². The number of methoxy groups -OCH3 is 1. The maximum Gasteiger partial charge on any atom is 0.191 e. The van der Waals surface area contributed by atoms with E-state index in [-0.39, 0.29) is 0 Å². The van der Waals surface area contributed by atoms with E-state index in [1.54, 1.807) is 18.9 Å². The fourth-order valence-electron chi connectivity index (χ4n) is 1.11. The van der Waals surface area contributed by atoms with Gasteiger partial charge in [-0.15, -0.1) is 10.2 Å². The number of rotatable bonds is 6. The normalized spacial score (nSPS) is 10.8. The molecule has 0 bridgehead atoms. The predicted molar refractivity (Wildman–Crippen MR) is 56.2 cm³/mol. The van der Waals surface area contributed by atoms with Crippen LogP contribution in [0, 0.1) is 0 Å². The van der Waals surface area contributed by atoms with Crippen molar-refractivity contribution in [1.29, 1.82) is 0 Å². The van der Waals surface area contributed by atoms with Crippen LogP contribution >= 0.6 is 11.8 Å². The highest BCUT2D eigenvalue weighted by Gasteiger charge is 2.08. The maximum absolute atomic E-state index is 5.54. The molecule has 0 amide bonds. The summed E-state index contributed by atoms with van der Waals surface area (Å²) >= 11 is 1.64. The second kappa shape index (κ2) is 6.00. The molecule has 1 rings (SSSR count). The van der Waals surface area contributed by atoms with Crippen molar-refractivity contribution in [2.75, 3.05) is 19.5 Å². The van der Waals surface area contributed by atoms with Gasteiger partial charge in [0, 0.05) is 19.4 Å². The van der Waals surface area contributed by atoms with Crippen molar-refractivity contribution < 1.29 is 4.74 Å². The summed E-state index contributed by atoms with van der Waals surface area (Å²) in [5.74, 6) is 1.73. The minimum atomic E-state index is 0.436. The van der Waals surface area contributed by atoms with Gasteiger partial charge in [-0.1, -0.05) is 11.8 Å². The highest BCUT2D eigenvalue weighted by Crippen LogP contribution is 2.16. The molecule has 0 unspecified atom stereocenters. The Labute approximate surface area is 88.0 Å². The number of hydrogen-bond donors (Lipinski definition) is 1. The Bertz CT molecular complexity index is 276. The third kappa shape index (κ3) is 2.70. The SMILES string of the molecule is CCn1c(CN)nnc1SCCOC. The molecule has 5 nitrogen and oxygen atoms in total. The topological polar surface area (TPSA) is 66.0 Å². The van der Waals surface area contributed by atoms with E-state index in [1.165, 1.54) is 0 Å². The first kappa shape index (κ1) is 11.5. The summed E-state index contributed by atoms with van der Waals surface area (Å²) in [5.41, 5.74) is 5.54. The van der Waals surface area contributed by atoms with E-state index in [2.05, 4.69) is 17.1 Å². The van der Waals surface area contributed by atoms with E-state index in [0.717, 1.165) is 29.9 Å². The smallest absolute Gasteiger partial charge is 0.191 e. The molecule has 2 N–H and O–H groups in total. The number of nitrogens with zero attached hydrogens (tertiary/aromatic N) is 3. The van der Waals surface area contributed by atoms with Crippen molar-refractivity contribution in [3.05, 3.63) is 5.82 Å².